The highest BCUT2D eigenvalue weighted by Crippen LogP contribution is 2.54. The Morgan fingerprint density at radius 3 is 2.35 bits per heavy atom. The molecule has 196 valence electrons. The van der Waals surface area contributed by atoms with Crippen LogP contribution in [0.2, 0.25) is 0 Å². The number of amides is 3. The number of rotatable bonds is 5. The average molecular weight is 544 g/mol. The third kappa shape index (κ3) is 4.31. The number of carbonyl (C=O) groups excluding carboxylic acids is 4. The van der Waals surface area contributed by atoms with Crippen LogP contribution >= 0.6 is 23.1 Å². The first-order valence-electron chi connectivity index (χ1n) is 12.5. The molecule has 3 aliphatic heterocycles. The van der Waals surface area contributed by atoms with Crippen LogP contribution < -0.4 is 9.77 Å². The van der Waals surface area contributed by atoms with Crippen molar-refractivity contribution >= 4 is 52.5 Å². The molecule has 11 heteroatoms. The first-order chi connectivity index (χ1) is 17.6. The highest BCUT2D eigenvalue weighted by Gasteiger charge is 2.59. The van der Waals surface area contributed by atoms with E-state index in [1.165, 1.54) is 33.4 Å². The molecule has 0 aliphatic carbocycles. The van der Waals surface area contributed by atoms with Gasteiger partial charge in [0.1, 0.15) is 11.8 Å². The van der Waals surface area contributed by atoms with E-state index in [1.807, 2.05) is 13.8 Å². The summed E-state index contributed by atoms with van der Waals surface area (Å²) in [6.07, 6.45) is 3.02. The summed E-state index contributed by atoms with van der Waals surface area (Å²) in [7, 11) is 0. The van der Waals surface area contributed by atoms with Gasteiger partial charge in [0.25, 0.3) is 0 Å². The Morgan fingerprint density at radius 1 is 1.03 bits per heavy atom. The van der Waals surface area contributed by atoms with Crippen molar-refractivity contribution in [3.8, 4) is 0 Å². The third-order valence-corrected chi connectivity index (χ3v) is 10.2. The number of aromatic nitrogens is 1. The molecule has 9 nitrogen and oxygen atoms in total. The first kappa shape index (κ1) is 25.7. The molecule has 2 saturated heterocycles. The Labute approximate surface area is 222 Å². The second-order valence-electron chi connectivity index (χ2n) is 10.0. The molecule has 1 aromatic carbocycles. The zero-order valence-electron chi connectivity index (χ0n) is 21.0. The van der Waals surface area contributed by atoms with Crippen molar-refractivity contribution in [3.63, 3.8) is 0 Å². The number of esters is 1. The standard InChI is InChI=1S/C26H29N3O6S2/c1-4-35-24(33)15-8-10-16(11-9-15)29-21(31)18-19(22(29)32)36-23-20(26(18,2)3)37-25(34)28(23)14-17(30)27-12-6-5-7-13-27/h8-11,18-19H,4-7,12-14H2,1-3H3/t18-,19+/m1/s1. The smallest absolute Gasteiger partial charge is 0.338 e. The predicted octanol–water partition coefficient (Wildman–Crippen LogP) is 3.04. The van der Waals surface area contributed by atoms with E-state index < -0.39 is 22.6 Å². The Balaban J connectivity index is 1.44. The van der Waals surface area contributed by atoms with Crippen molar-refractivity contribution in [3.05, 3.63) is 44.4 Å². The van der Waals surface area contributed by atoms with Gasteiger partial charge in [-0.3, -0.25) is 23.7 Å². The second-order valence-corrected chi connectivity index (χ2v) is 12.1. The van der Waals surface area contributed by atoms with Gasteiger partial charge in [0.2, 0.25) is 17.7 Å². The third-order valence-electron chi connectivity index (χ3n) is 7.34. The summed E-state index contributed by atoms with van der Waals surface area (Å²) in [6.45, 7) is 7.06. The van der Waals surface area contributed by atoms with E-state index in [4.69, 9.17) is 4.74 Å². The number of piperidine rings is 1. The van der Waals surface area contributed by atoms with E-state index in [2.05, 4.69) is 0 Å². The van der Waals surface area contributed by atoms with Gasteiger partial charge in [0.05, 0.1) is 28.8 Å². The zero-order valence-corrected chi connectivity index (χ0v) is 22.7. The van der Waals surface area contributed by atoms with Crippen molar-refractivity contribution in [1.82, 2.24) is 9.47 Å². The summed E-state index contributed by atoms with van der Waals surface area (Å²) in [5.74, 6) is -1.93. The first-order valence-corrected chi connectivity index (χ1v) is 14.2. The minimum atomic E-state index is -0.777. The summed E-state index contributed by atoms with van der Waals surface area (Å²) in [5, 5.41) is -0.114. The fraction of sp³-hybridized carbons (Fsp3) is 0.500. The van der Waals surface area contributed by atoms with Crippen molar-refractivity contribution in [2.75, 3.05) is 24.6 Å². The van der Waals surface area contributed by atoms with Gasteiger partial charge in [-0.05, 0) is 50.5 Å². The topological polar surface area (TPSA) is 106 Å². The average Bonchev–Trinajstić information content (AvgIpc) is 3.33. The van der Waals surface area contributed by atoms with E-state index in [0.29, 0.717) is 29.4 Å². The van der Waals surface area contributed by atoms with Gasteiger partial charge in [0, 0.05) is 23.4 Å². The maximum Gasteiger partial charge on any atom is 0.338 e. The van der Waals surface area contributed by atoms with Crippen molar-refractivity contribution < 1.29 is 23.9 Å². The fourth-order valence-electron chi connectivity index (χ4n) is 5.36. The number of hydrogen-bond donors (Lipinski definition) is 0. The van der Waals surface area contributed by atoms with Gasteiger partial charge >= 0.3 is 10.8 Å². The minimum Gasteiger partial charge on any atom is -0.462 e. The Bertz CT molecular complexity index is 1320. The van der Waals surface area contributed by atoms with Gasteiger partial charge in [-0.25, -0.2) is 9.69 Å². The summed E-state index contributed by atoms with van der Waals surface area (Å²) in [4.78, 5) is 68.6. The van der Waals surface area contributed by atoms with Crippen LogP contribution in [-0.2, 0) is 31.1 Å². The molecular weight excluding hydrogens is 514 g/mol. The highest BCUT2D eigenvalue weighted by atomic mass is 32.2. The zero-order chi connectivity index (χ0) is 26.5. The number of nitrogens with zero attached hydrogens (tertiary/aromatic N) is 3. The molecule has 3 amide bonds. The summed E-state index contributed by atoms with van der Waals surface area (Å²) in [5.41, 5.74) is -0.0582. The van der Waals surface area contributed by atoms with Gasteiger partial charge in [-0.2, -0.15) is 0 Å². The highest BCUT2D eigenvalue weighted by molar-refractivity contribution is 8.00. The summed E-state index contributed by atoms with van der Waals surface area (Å²) in [6, 6.07) is 6.21. The molecule has 0 bridgehead atoms. The molecule has 3 aliphatic rings. The number of hydrogen-bond acceptors (Lipinski definition) is 8. The molecule has 2 aromatic rings. The lowest BCUT2D eigenvalue weighted by Crippen LogP contribution is -2.42. The largest absolute Gasteiger partial charge is 0.462 e. The van der Waals surface area contributed by atoms with E-state index in [0.717, 1.165) is 35.5 Å². The number of fused-ring (bicyclic) bond motifs is 2. The number of anilines is 1. The number of ether oxygens (including phenoxy) is 1. The molecule has 1 aromatic heterocycles. The lowest BCUT2D eigenvalue weighted by molar-refractivity contribution is -0.133. The normalized spacial score (nSPS) is 22.6. The lowest BCUT2D eigenvalue weighted by Gasteiger charge is -2.36. The van der Waals surface area contributed by atoms with Crippen molar-refractivity contribution in [2.45, 2.75) is 62.3 Å². The van der Waals surface area contributed by atoms with Gasteiger partial charge in [-0.15, -0.1) is 0 Å². The van der Waals surface area contributed by atoms with E-state index in [1.54, 1.807) is 24.0 Å². The predicted molar refractivity (Wildman–Crippen MR) is 140 cm³/mol. The SMILES string of the molecule is CCOC(=O)c1ccc(N2C(=O)[C@H]3Sc4c(sc(=O)n4CC(=O)N4CCCCC4)C(C)(C)[C@H]3C2=O)cc1. The molecule has 2 fully saturated rings. The second kappa shape index (κ2) is 9.75. The molecule has 4 heterocycles. The van der Waals surface area contributed by atoms with E-state index in [9.17, 15) is 24.0 Å². The molecule has 0 saturated carbocycles. The van der Waals surface area contributed by atoms with E-state index >= 15 is 0 Å². The summed E-state index contributed by atoms with van der Waals surface area (Å²) < 4.78 is 6.49. The van der Waals surface area contributed by atoms with Gasteiger partial charge in [0.15, 0.2) is 0 Å². The maximum atomic E-state index is 13.6. The monoisotopic (exact) mass is 543 g/mol. The molecule has 0 N–H and O–H groups in total. The maximum absolute atomic E-state index is 13.6. The number of imide groups is 1. The molecular formula is C26H29N3O6S2. The lowest BCUT2D eigenvalue weighted by atomic mass is 9.76. The molecule has 0 radical (unpaired) electrons. The van der Waals surface area contributed by atoms with Crippen LogP contribution in [0, 0.1) is 5.92 Å². The van der Waals surface area contributed by atoms with E-state index in [-0.39, 0.29) is 35.7 Å². The van der Waals surface area contributed by atoms with Crippen LogP contribution in [0.15, 0.2) is 34.1 Å². The fourth-order valence-corrected chi connectivity index (χ4v) is 8.40. The minimum absolute atomic E-state index is 0.0632. The molecule has 0 unspecified atom stereocenters. The quantitative estimate of drug-likeness (QED) is 0.422. The number of benzene rings is 1. The van der Waals surface area contributed by atoms with Crippen molar-refractivity contribution in [1.29, 1.82) is 0 Å². The van der Waals surface area contributed by atoms with Crippen molar-refractivity contribution in [2.24, 2.45) is 5.92 Å². The van der Waals surface area contributed by atoms with Gasteiger partial charge in [-0.1, -0.05) is 36.9 Å². The Morgan fingerprint density at radius 2 is 1.70 bits per heavy atom. The molecule has 5 rings (SSSR count). The molecule has 0 spiro atoms. The Hall–Kier alpha value is -2.92. The van der Waals surface area contributed by atoms with Crippen LogP contribution in [-0.4, -0.2) is 58.1 Å². The molecule has 2 atom stereocenters. The number of thiazole rings is 1. The van der Waals surface area contributed by atoms with Crippen LogP contribution in [0.25, 0.3) is 0 Å². The summed E-state index contributed by atoms with van der Waals surface area (Å²) >= 11 is 2.26. The van der Waals surface area contributed by atoms with Gasteiger partial charge < -0.3 is 9.64 Å². The van der Waals surface area contributed by atoms with Crippen LogP contribution in [0.4, 0.5) is 5.69 Å². The van der Waals surface area contributed by atoms with Crippen LogP contribution in [0.3, 0.4) is 0 Å². The number of thioether (sulfide) groups is 1. The number of likely N-dealkylation sites (tertiary alicyclic amines) is 1. The number of carbonyl (C=O) groups is 4. The molecule has 37 heavy (non-hydrogen) atoms. The van der Waals surface area contributed by atoms with Crippen LogP contribution in [0.5, 0.6) is 0 Å². The van der Waals surface area contributed by atoms with Crippen LogP contribution in [0.1, 0.15) is 55.3 Å². The Kier molecular flexibility index (Phi) is 6.78.